The highest BCUT2D eigenvalue weighted by Gasteiger charge is 2.32. The zero-order valence-corrected chi connectivity index (χ0v) is 12.9. The Hall–Kier alpha value is -0.200. The minimum atomic E-state index is -0.0299. The molecule has 5 nitrogen and oxygen atoms in total. The fourth-order valence-corrected chi connectivity index (χ4v) is 3.12. The van der Waals surface area contributed by atoms with E-state index in [9.17, 15) is 5.11 Å². The first-order chi connectivity index (χ1) is 9.74. The molecule has 0 spiro atoms. The van der Waals surface area contributed by atoms with Crippen molar-refractivity contribution in [1.82, 2.24) is 10.2 Å². The first-order valence-electron chi connectivity index (χ1n) is 8.02. The van der Waals surface area contributed by atoms with Crippen LogP contribution in [0.1, 0.15) is 26.7 Å². The van der Waals surface area contributed by atoms with Crippen molar-refractivity contribution in [3.63, 3.8) is 0 Å². The molecule has 5 heteroatoms. The summed E-state index contributed by atoms with van der Waals surface area (Å²) in [6.45, 7) is 9.89. The van der Waals surface area contributed by atoms with E-state index < -0.39 is 0 Å². The van der Waals surface area contributed by atoms with Crippen molar-refractivity contribution in [3.8, 4) is 0 Å². The molecule has 4 unspecified atom stereocenters. The topological polar surface area (TPSA) is 54.0 Å². The predicted molar refractivity (Wildman–Crippen MR) is 78.9 cm³/mol. The van der Waals surface area contributed by atoms with Crippen LogP contribution in [-0.2, 0) is 9.47 Å². The molecule has 2 heterocycles. The van der Waals surface area contributed by atoms with Crippen LogP contribution in [0.3, 0.4) is 0 Å². The van der Waals surface area contributed by atoms with Gasteiger partial charge >= 0.3 is 0 Å². The molecule has 2 fully saturated rings. The van der Waals surface area contributed by atoms with Crippen LogP contribution < -0.4 is 5.32 Å². The van der Waals surface area contributed by atoms with Gasteiger partial charge in [-0.1, -0.05) is 6.92 Å². The van der Waals surface area contributed by atoms with Gasteiger partial charge in [0, 0.05) is 37.7 Å². The maximum atomic E-state index is 9.28. The minimum absolute atomic E-state index is 0.0299. The van der Waals surface area contributed by atoms with E-state index in [1.807, 2.05) is 0 Å². The fourth-order valence-electron chi connectivity index (χ4n) is 3.12. The van der Waals surface area contributed by atoms with Gasteiger partial charge in [0.15, 0.2) is 0 Å². The second-order valence-corrected chi connectivity index (χ2v) is 6.13. The molecule has 0 aliphatic carbocycles. The van der Waals surface area contributed by atoms with Gasteiger partial charge in [0.25, 0.3) is 0 Å². The summed E-state index contributed by atoms with van der Waals surface area (Å²) in [5.41, 5.74) is 0. The first kappa shape index (κ1) is 16.2. The van der Waals surface area contributed by atoms with Gasteiger partial charge in [0.2, 0.25) is 0 Å². The molecule has 4 atom stereocenters. The van der Waals surface area contributed by atoms with Crippen LogP contribution in [0.5, 0.6) is 0 Å². The molecule has 2 saturated heterocycles. The summed E-state index contributed by atoms with van der Waals surface area (Å²) >= 11 is 0. The minimum Gasteiger partial charge on any atom is -0.394 e. The number of hydrogen-bond donors (Lipinski definition) is 2. The van der Waals surface area contributed by atoms with Crippen molar-refractivity contribution in [2.75, 3.05) is 46.1 Å². The van der Waals surface area contributed by atoms with E-state index in [1.165, 1.54) is 6.42 Å². The molecule has 0 aromatic carbocycles. The number of nitrogens with one attached hydrogen (secondary N) is 1. The zero-order valence-electron chi connectivity index (χ0n) is 12.9. The van der Waals surface area contributed by atoms with Crippen molar-refractivity contribution < 1.29 is 14.6 Å². The average Bonchev–Trinajstić information content (AvgIpc) is 2.48. The summed E-state index contributed by atoms with van der Waals surface area (Å²) in [6.07, 6.45) is 2.25. The molecule has 118 valence electrons. The highest BCUT2D eigenvalue weighted by Crippen LogP contribution is 2.20. The number of aliphatic hydroxyl groups excluding tert-OH is 1. The molecule has 2 aliphatic rings. The van der Waals surface area contributed by atoms with Crippen LogP contribution in [0.2, 0.25) is 0 Å². The number of hydrogen-bond acceptors (Lipinski definition) is 5. The van der Waals surface area contributed by atoms with Crippen LogP contribution in [-0.4, -0.2) is 74.3 Å². The Morgan fingerprint density at radius 1 is 1.35 bits per heavy atom. The van der Waals surface area contributed by atoms with Crippen molar-refractivity contribution in [2.45, 2.75) is 44.9 Å². The maximum Gasteiger partial charge on any atom is 0.0933 e. The monoisotopic (exact) mass is 286 g/mol. The summed E-state index contributed by atoms with van der Waals surface area (Å²) < 4.78 is 11.3. The first-order valence-corrected chi connectivity index (χ1v) is 8.02. The van der Waals surface area contributed by atoms with Crippen molar-refractivity contribution >= 4 is 0 Å². The van der Waals surface area contributed by atoms with E-state index in [2.05, 4.69) is 24.1 Å². The quantitative estimate of drug-likeness (QED) is 0.743. The van der Waals surface area contributed by atoms with Gasteiger partial charge in [-0.3, -0.25) is 4.90 Å². The molecular weight excluding hydrogens is 256 g/mol. The highest BCUT2D eigenvalue weighted by atomic mass is 16.5. The van der Waals surface area contributed by atoms with Crippen LogP contribution >= 0.6 is 0 Å². The second kappa shape index (κ2) is 8.29. The van der Waals surface area contributed by atoms with Gasteiger partial charge in [-0.25, -0.2) is 0 Å². The molecule has 0 radical (unpaired) electrons. The van der Waals surface area contributed by atoms with E-state index in [4.69, 9.17) is 9.47 Å². The number of rotatable bonds is 6. The Labute approximate surface area is 122 Å². The number of ether oxygens (including phenoxy) is 2. The molecule has 0 amide bonds. The van der Waals surface area contributed by atoms with E-state index in [-0.39, 0.29) is 12.7 Å². The molecule has 20 heavy (non-hydrogen) atoms. The van der Waals surface area contributed by atoms with Crippen LogP contribution in [0, 0.1) is 5.92 Å². The standard InChI is InChI=1S/C15H30N2O3/c1-3-5-16-15-4-6-19-11-13(15)7-17-8-14(9-18)20-10-12(17)2/h12-16,18H,3-11H2,1-2H3. The summed E-state index contributed by atoms with van der Waals surface area (Å²) in [6, 6.07) is 0.984. The lowest BCUT2D eigenvalue weighted by molar-refractivity contribution is -0.0895. The largest absolute Gasteiger partial charge is 0.394 e. The normalized spacial score (nSPS) is 36.1. The average molecular weight is 286 g/mol. The lowest BCUT2D eigenvalue weighted by Crippen LogP contribution is -2.54. The molecule has 0 saturated carbocycles. The van der Waals surface area contributed by atoms with Gasteiger partial charge in [0.05, 0.1) is 25.9 Å². The molecule has 0 aromatic rings. The van der Waals surface area contributed by atoms with Crippen molar-refractivity contribution in [3.05, 3.63) is 0 Å². The Morgan fingerprint density at radius 2 is 2.20 bits per heavy atom. The summed E-state index contributed by atoms with van der Waals surface area (Å²) in [4.78, 5) is 2.45. The molecule has 0 aromatic heterocycles. The summed E-state index contributed by atoms with van der Waals surface area (Å²) in [5, 5.41) is 12.9. The van der Waals surface area contributed by atoms with Gasteiger partial charge in [-0.05, 0) is 26.3 Å². The zero-order chi connectivity index (χ0) is 14.4. The third-order valence-electron chi connectivity index (χ3n) is 4.44. The van der Waals surface area contributed by atoms with Gasteiger partial charge in [0.1, 0.15) is 0 Å². The van der Waals surface area contributed by atoms with Gasteiger partial charge in [-0.15, -0.1) is 0 Å². The predicted octanol–water partition coefficient (Wildman–Crippen LogP) is 0.473. The lowest BCUT2D eigenvalue weighted by Gasteiger charge is -2.42. The Morgan fingerprint density at radius 3 is 2.95 bits per heavy atom. The van der Waals surface area contributed by atoms with E-state index in [0.717, 1.165) is 39.3 Å². The maximum absolute atomic E-state index is 9.28. The van der Waals surface area contributed by atoms with Gasteiger partial charge < -0.3 is 19.9 Å². The smallest absolute Gasteiger partial charge is 0.0933 e. The SMILES string of the molecule is CCCNC1CCOCC1CN1CC(CO)OCC1C. The Balaban J connectivity index is 1.87. The molecular formula is C15H30N2O3. The number of morpholine rings is 1. The third kappa shape index (κ3) is 4.40. The van der Waals surface area contributed by atoms with E-state index >= 15 is 0 Å². The fraction of sp³-hybridized carbons (Fsp3) is 1.00. The number of nitrogens with zero attached hydrogens (tertiary/aromatic N) is 1. The molecule has 2 aliphatic heterocycles. The molecule has 2 rings (SSSR count). The van der Waals surface area contributed by atoms with Crippen LogP contribution in [0.25, 0.3) is 0 Å². The number of aliphatic hydroxyl groups is 1. The molecule has 0 bridgehead atoms. The highest BCUT2D eigenvalue weighted by molar-refractivity contribution is 4.86. The summed E-state index contributed by atoms with van der Waals surface area (Å²) in [7, 11) is 0. The van der Waals surface area contributed by atoms with Gasteiger partial charge in [-0.2, -0.15) is 0 Å². The Kier molecular flexibility index (Phi) is 6.71. The molecule has 2 N–H and O–H groups in total. The summed E-state index contributed by atoms with van der Waals surface area (Å²) in [5.74, 6) is 0.537. The third-order valence-corrected chi connectivity index (χ3v) is 4.44. The van der Waals surface area contributed by atoms with Crippen LogP contribution in [0.15, 0.2) is 0 Å². The van der Waals surface area contributed by atoms with E-state index in [0.29, 0.717) is 24.6 Å². The second-order valence-electron chi connectivity index (χ2n) is 6.13. The Bertz CT molecular complexity index is 278. The van der Waals surface area contributed by atoms with Crippen molar-refractivity contribution in [1.29, 1.82) is 0 Å². The van der Waals surface area contributed by atoms with Crippen LogP contribution in [0.4, 0.5) is 0 Å². The van der Waals surface area contributed by atoms with E-state index in [1.54, 1.807) is 0 Å². The lowest BCUT2D eigenvalue weighted by atomic mass is 9.94. The van der Waals surface area contributed by atoms with Crippen molar-refractivity contribution in [2.24, 2.45) is 5.92 Å².